The second kappa shape index (κ2) is 6.63. The highest BCUT2D eigenvalue weighted by Gasteiger charge is 2.09. The average Bonchev–Trinajstić information content (AvgIpc) is 2.98. The van der Waals surface area contributed by atoms with Crippen LogP contribution in [-0.4, -0.2) is 52.2 Å². The van der Waals surface area contributed by atoms with E-state index in [1.54, 1.807) is 6.20 Å². The first-order chi connectivity index (χ1) is 9.93. The first kappa shape index (κ1) is 13.3. The van der Waals surface area contributed by atoms with Gasteiger partial charge in [0.15, 0.2) is 0 Å². The van der Waals surface area contributed by atoms with Crippen LogP contribution < -0.4 is 5.32 Å². The Bertz CT molecular complexity index is 516. The maximum Gasteiger partial charge on any atom is 0.0950 e. The summed E-state index contributed by atoms with van der Waals surface area (Å²) < 4.78 is 2.22. The highest BCUT2D eigenvalue weighted by Crippen LogP contribution is 2.17. The summed E-state index contributed by atoms with van der Waals surface area (Å²) in [5.74, 6) is 0. The van der Waals surface area contributed by atoms with Gasteiger partial charge in [0, 0.05) is 50.7 Å². The van der Waals surface area contributed by atoms with Crippen molar-refractivity contribution in [2.75, 3.05) is 32.7 Å². The Kier molecular flexibility index (Phi) is 4.40. The Labute approximate surface area is 119 Å². The van der Waals surface area contributed by atoms with Crippen molar-refractivity contribution < 1.29 is 0 Å². The summed E-state index contributed by atoms with van der Waals surface area (Å²) in [6.07, 6.45) is 8.68. The maximum absolute atomic E-state index is 4.28. The third-order valence-corrected chi connectivity index (χ3v) is 3.75. The van der Waals surface area contributed by atoms with Gasteiger partial charge in [-0.05, 0) is 25.1 Å². The zero-order valence-corrected chi connectivity index (χ0v) is 11.7. The molecule has 0 atom stereocenters. The van der Waals surface area contributed by atoms with Crippen molar-refractivity contribution >= 4 is 0 Å². The molecule has 0 unspecified atom stereocenters. The molecule has 1 N–H and O–H groups in total. The molecule has 1 fully saturated rings. The zero-order valence-electron chi connectivity index (χ0n) is 11.7. The van der Waals surface area contributed by atoms with E-state index in [0.29, 0.717) is 0 Å². The van der Waals surface area contributed by atoms with Crippen LogP contribution in [0.15, 0.2) is 37.1 Å². The van der Waals surface area contributed by atoms with Gasteiger partial charge < -0.3 is 14.8 Å². The highest BCUT2D eigenvalue weighted by molar-refractivity contribution is 5.57. The first-order valence-electron chi connectivity index (χ1n) is 7.27. The normalized spacial score (nSPS) is 16.4. The van der Waals surface area contributed by atoms with Crippen LogP contribution in [-0.2, 0) is 6.54 Å². The largest absolute Gasteiger partial charge is 0.331 e. The predicted molar refractivity (Wildman–Crippen MR) is 79.4 cm³/mol. The van der Waals surface area contributed by atoms with Gasteiger partial charge in [0.25, 0.3) is 0 Å². The molecule has 20 heavy (non-hydrogen) atoms. The summed E-state index contributed by atoms with van der Waals surface area (Å²) >= 11 is 0. The molecule has 1 saturated heterocycles. The summed E-state index contributed by atoms with van der Waals surface area (Å²) in [6.45, 7) is 6.73. The van der Waals surface area contributed by atoms with Crippen LogP contribution in [0.4, 0.5) is 0 Å². The number of hydrogen-bond acceptors (Lipinski definition) is 4. The van der Waals surface area contributed by atoms with Crippen LogP contribution in [0, 0.1) is 0 Å². The van der Waals surface area contributed by atoms with E-state index in [1.165, 1.54) is 13.1 Å². The lowest BCUT2D eigenvalue weighted by atomic mass is 10.2. The van der Waals surface area contributed by atoms with E-state index in [-0.39, 0.29) is 0 Å². The van der Waals surface area contributed by atoms with E-state index in [1.807, 2.05) is 24.8 Å². The molecule has 0 bridgehead atoms. The fraction of sp³-hybridized carbons (Fsp3) is 0.467. The van der Waals surface area contributed by atoms with E-state index in [9.17, 15) is 0 Å². The summed E-state index contributed by atoms with van der Waals surface area (Å²) in [4.78, 5) is 11.0. The molecule has 0 radical (unpaired) electrons. The minimum atomic E-state index is 1.01. The second-order valence-corrected chi connectivity index (χ2v) is 5.16. The van der Waals surface area contributed by atoms with Gasteiger partial charge in [-0.15, -0.1) is 0 Å². The number of rotatable bonds is 5. The highest BCUT2D eigenvalue weighted by atomic mass is 15.2. The van der Waals surface area contributed by atoms with Crippen molar-refractivity contribution in [3.05, 3.63) is 37.1 Å². The standard InChI is InChI=1S/C15H21N5/c1-3-14(11-17-4-1)15-12-18-13-20(15)8-2-7-19-9-5-16-6-10-19/h1,3-4,11-13,16H,2,5-10H2. The van der Waals surface area contributed by atoms with E-state index < -0.39 is 0 Å². The Hall–Kier alpha value is -1.72. The summed E-state index contributed by atoms with van der Waals surface area (Å²) in [7, 11) is 0. The van der Waals surface area contributed by atoms with Crippen LogP contribution in [0.1, 0.15) is 6.42 Å². The van der Waals surface area contributed by atoms with Gasteiger partial charge in [-0.3, -0.25) is 4.98 Å². The number of imidazole rings is 1. The monoisotopic (exact) mass is 271 g/mol. The lowest BCUT2D eigenvalue weighted by Crippen LogP contribution is -2.43. The number of aryl methyl sites for hydroxylation is 1. The van der Waals surface area contributed by atoms with Crippen LogP contribution in [0.3, 0.4) is 0 Å². The fourth-order valence-corrected chi connectivity index (χ4v) is 2.65. The molecular formula is C15H21N5. The molecule has 1 aliphatic rings. The van der Waals surface area contributed by atoms with E-state index >= 15 is 0 Å². The topological polar surface area (TPSA) is 46.0 Å². The lowest BCUT2D eigenvalue weighted by Gasteiger charge is -2.27. The number of nitrogens with one attached hydrogen (secondary N) is 1. The molecule has 0 saturated carbocycles. The van der Waals surface area contributed by atoms with Crippen molar-refractivity contribution in [2.24, 2.45) is 0 Å². The number of aromatic nitrogens is 3. The smallest absolute Gasteiger partial charge is 0.0950 e. The molecule has 2 aromatic rings. The maximum atomic E-state index is 4.28. The third-order valence-electron chi connectivity index (χ3n) is 3.75. The van der Waals surface area contributed by atoms with E-state index in [2.05, 4.69) is 30.8 Å². The average molecular weight is 271 g/mol. The molecule has 0 amide bonds. The molecule has 5 heteroatoms. The molecular weight excluding hydrogens is 250 g/mol. The molecule has 0 aliphatic carbocycles. The Morgan fingerprint density at radius 2 is 2.00 bits per heavy atom. The Morgan fingerprint density at radius 1 is 1.10 bits per heavy atom. The Morgan fingerprint density at radius 3 is 2.80 bits per heavy atom. The van der Waals surface area contributed by atoms with Gasteiger partial charge in [0.05, 0.1) is 18.2 Å². The lowest BCUT2D eigenvalue weighted by molar-refractivity contribution is 0.235. The van der Waals surface area contributed by atoms with Gasteiger partial charge in [0.2, 0.25) is 0 Å². The molecule has 1 aliphatic heterocycles. The van der Waals surface area contributed by atoms with Gasteiger partial charge >= 0.3 is 0 Å². The van der Waals surface area contributed by atoms with Crippen LogP contribution in [0.2, 0.25) is 0 Å². The third kappa shape index (κ3) is 3.23. The number of nitrogens with zero attached hydrogens (tertiary/aromatic N) is 4. The van der Waals surface area contributed by atoms with Crippen molar-refractivity contribution in [2.45, 2.75) is 13.0 Å². The van der Waals surface area contributed by atoms with Gasteiger partial charge in [-0.2, -0.15) is 0 Å². The first-order valence-corrected chi connectivity index (χ1v) is 7.27. The molecule has 3 rings (SSSR count). The molecule has 106 valence electrons. The minimum Gasteiger partial charge on any atom is -0.331 e. The van der Waals surface area contributed by atoms with E-state index in [4.69, 9.17) is 0 Å². The number of hydrogen-bond donors (Lipinski definition) is 1. The fourth-order valence-electron chi connectivity index (χ4n) is 2.65. The number of piperazine rings is 1. The van der Waals surface area contributed by atoms with E-state index in [0.717, 1.165) is 43.9 Å². The quantitative estimate of drug-likeness (QED) is 0.889. The van der Waals surface area contributed by atoms with Gasteiger partial charge in [-0.1, -0.05) is 0 Å². The van der Waals surface area contributed by atoms with Gasteiger partial charge in [0.1, 0.15) is 0 Å². The molecule has 0 spiro atoms. The summed E-state index contributed by atoms with van der Waals surface area (Å²) in [5.41, 5.74) is 2.28. The van der Waals surface area contributed by atoms with Crippen LogP contribution in [0.25, 0.3) is 11.3 Å². The van der Waals surface area contributed by atoms with Gasteiger partial charge in [-0.25, -0.2) is 4.98 Å². The summed E-state index contributed by atoms with van der Waals surface area (Å²) in [5, 5.41) is 3.39. The van der Waals surface area contributed by atoms with Crippen molar-refractivity contribution in [3.63, 3.8) is 0 Å². The minimum absolute atomic E-state index is 1.01. The summed E-state index contributed by atoms with van der Waals surface area (Å²) in [6, 6.07) is 4.05. The molecule has 5 nitrogen and oxygen atoms in total. The SMILES string of the molecule is c1cncc(-c2cncn2CCCN2CCNCC2)c1. The van der Waals surface area contributed by atoms with Crippen LogP contribution >= 0.6 is 0 Å². The number of pyridine rings is 1. The Balaban J connectivity index is 1.57. The van der Waals surface area contributed by atoms with Crippen molar-refractivity contribution in [3.8, 4) is 11.3 Å². The van der Waals surface area contributed by atoms with Crippen molar-refractivity contribution in [1.29, 1.82) is 0 Å². The van der Waals surface area contributed by atoms with Crippen molar-refractivity contribution in [1.82, 2.24) is 24.8 Å². The van der Waals surface area contributed by atoms with Crippen LogP contribution in [0.5, 0.6) is 0 Å². The molecule has 3 heterocycles. The predicted octanol–water partition coefficient (Wildman–Crippen LogP) is 1.24. The second-order valence-electron chi connectivity index (χ2n) is 5.16. The molecule has 0 aromatic carbocycles. The zero-order chi connectivity index (χ0) is 13.6. The molecule has 2 aromatic heterocycles.